The van der Waals surface area contributed by atoms with Crippen molar-refractivity contribution >= 4 is 0 Å². The Morgan fingerprint density at radius 2 is 2.23 bits per heavy atom. The average Bonchev–Trinajstić information content (AvgIpc) is 2.88. The molecule has 2 rings (SSSR count). The van der Waals surface area contributed by atoms with Gasteiger partial charge in [-0.05, 0) is 31.6 Å². The molecule has 76 valence electrons. The van der Waals surface area contributed by atoms with E-state index in [2.05, 4.69) is 6.92 Å². The Bertz CT molecular complexity index is 179. The van der Waals surface area contributed by atoms with Crippen LogP contribution in [0.25, 0.3) is 0 Å². The summed E-state index contributed by atoms with van der Waals surface area (Å²) in [6.45, 7) is 3.12. The molecule has 2 unspecified atom stereocenters. The predicted molar refractivity (Wildman–Crippen MR) is 53.5 cm³/mol. The lowest BCUT2D eigenvalue weighted by atomic mass is 9.84. The predicted octanol–water partition coefficient (Wildman–Crippen LogP) is 2.07. The molecular weight excluding hydrogens is 162 g/mol. The largest absolute Gasteiger partial charge is 0.376 e. The summed E-state index contributed by atoms with van der Waals surface area (Å²) in [5, 5.41) is 0. The van der Waals surface area contributed by atoms with Gasteiger partial charge in [-0.2, -0.15) is 0 Å². The van der Waals surface area contributed by atoms with Gasteiger partial charge in [-0.1, -0.05) is 19.8 Å². The van der Waals surface area contributed by atoms with E-state index in [4.69, 9.17) is 10.5 Å². The molecule has 1 heterocycles. The minimum absolute atomic E-state index is 0.0250. The van der Waals surface area contributed by atoms with E-state index in [1.807, 2.05) is 0 Å². The van der Waals surface area contributed by atoms with Crippen LogP contribution in [0.1, 0.15) is 45.4 Å². The first kappa shape index (κ1) is 9.47. The maximum absolute atomic E-state index is 6.41. The van der Waals surface area contributed by atoms with Crippen LogP contribution in [0.3, 0.4) is 0 Å². The summed E-state index contributed by atoms with van der Waals surface area (Å²) in [7, 11) is 0. The van der Waals surface area contributed by atoms with Crippen molar-refractivity contribution in [2.45, 2.75) is 57.1 Å². The molecule has 2 nitrogen and oxygen atoms in total. The molecule has 1 aliphatic heterocycles. The summed E-state index contributed by atoms with van der Waals surface area (Å²) in [6, 6.07) is 0. The number of unbranched alkanes of at least 4 members (excludes halogenated alkanes) is 1. The van der Waals surface area contributed by atoms with Gasteiger partial charge >= 0.3 is 0 Å². The second-order valence-electron chi connectivity index (χ2n) is 4.72. The molecule has 13 heavy (non-hydrogen) atoms. The number of ether oxygens (including phenoxy) is 1. The summed E-state index contributed by atoms with van der Waals surface area (Å²) in [6.07, 6.45) is 7.81. The normalized spacial score (nSPS) is 39.7. The van der Waals surface area contributed by atoms with Gasteiger partial charge in [0.1, 0.15) is 0 Å². The lowest BCUT2D eigenvalue weighted by molar-refractivity contribution is 0.0595. The van der Waals surface area contributed by atoms with Gasteiger partial charge in [0.2, 0.25) is 0 Å². The molecule has 0 aromatic heterocycles. The minimum Gasteiger partial charge on any atom is -0.376 e. The van der Waals surface area contributed by atoms with Crippen LogP contribution in [0.4, 0.5) is 0 Å². The molecule has 2 aliphatic rings. The van der Waals surface area contributed by atoms with Gasteiger partial charge < -0.3 is 10.5 Å². The monoisotopic (exact) mass is 183 g/mol. The maximum Gasteiger partial charge on any atom is 0.0783 e. The molecule has 1 saturated heterocycles. The molecule has 1 saturated carbocycles. The maximum atomic E-state index is 6.41. The topological polar surface area (TPSA) is 35.2 Å². The SMILES string of the molecule is CCCCC1(N)CCOC1C1CC1. The molecule has 0 aromatic rings. The fourth-order valence-electron chi connectivity index (χ4n) is 2.46. The zero-order chi connectivity index (χ0) is 9.31. The van der Waals surface area contributed by atoms with Crippen LogP contribution < -0.4 is 5.73 Å². The van der Waals surface area contributed by atoms with Crippen molar-refractivity contribution in [1.29, 1.82) is 0 Å². The summed E-state index contributed by atoms with van der Waals surface area (Å²) in [5.41, 5.74) is 6.43. The third kappa shape index (κ3) is 1.89. The van der Waals surface area contributed by atoms with E-state index in [1.54, 1.807) is 0 Å². The highest BCUT2D eigenvalue weighted by molar-refractivity contribution is 5.03. The summed E-state index contributed by atoms with van der Waals surface area (Å²) in [4.78, 5) is 0. The Morgan fingerprint density at radius 3 is 2.85 bits per heavy atom. The third-order valence-electron chi connectivity index (χ3n) is 3.48. The quantitative estimate of drug-likeness (QED) is 0.724. The van der Waals surface area contributed by atoms with Gasteiger partial charge in [-0.25, -0.2) is 0 Å². The van der Waals surface area contributed by atoms with Gasteiger partial charge in [0.05, 0.1) is 6.10 Å². The van der Waals surface area contributed by atoms with Gasteiger partial charge in [0, 0.05) is 12.1 Å². The van der Waals surface area contributed by atoms with Crippen molar-refractivity contribution in [2.24, 2.45) is 11.7 Å². The van der Waals surface area contributed by atoms with E-state index in [0.717, 1.165) is 25.4 Å². The highest BCUT2D eigenvalue weighted by atomic mass is 16.5. The van der Waals surface area contributed by atoms with Crippen LogP contribution in [0, 0.1) is 5.92 Å². The van der Waals surface area contributed by atoms with E-state index in [9.17, 15) is 0 Å². The first-order valence-electron chi connectivity index (χ1n) is 5.67. The summed E-state index contributed by atoms with van der Waals surface area (Å²) in [5.74, 6) is 0.796. The highest BCUT2D eigenvalue weighted by Gasteiger charge is 2.47. The van der Waals surface area contributed by atoms with Gasteiger partial charge in [-0.15, -0.1) is 0 Å². The van der Waals surface area contributed by atoms with E-state index >= 15 is 0 Å². The second-order valence-corrected chi connectivity index (χ2v) is 4.72. The van der Waals surface area contributed by atoms with Crippen molar-refractivity contribution in [1.82, 2.24) is 0 Å². The van der Waals surface area contributed by atoms with Crippen LogP contribution >= 0.6 is 0 Å². The summed E-state index contributed by atoms with van der Waals surface area (Å²) >= 11 is 0. The number of hydrogen-bond donors (Lipinski definition) is 1. The molecule has 1 aliphatic carbocycles. The molecule has 0 bridgehead atoms. The number of nitrogens with two attached hydrogens (primary N) is 1. The molecule has 2 N–H and O–H groups in total. The number of hydrogen-bond acceptors (Lipinski definition) is 2. The molecule has 2 atom stereocenters. The van der Waals surface area contributed by atoms with Crippen molar-refractivity contribution in [2.75, 3.05) is 6.61 Å². The third-order valence-corrected chi connectivity index (χ3v) is 3.48. The Hall–Kier alpha value is -0.0800. The lowest BCUT2D eigenvalue weighted by Crippen LogP contribution is -2.48. The lowest BCUT2D eigenvalue weighted by Gasteiger charge is -2.29. The highest BCUT2D eigenvalue weighted by Crippen LogP contribution is 2.43. The van der Waals surface area contributed by atoms with Crippen molar-refractivity contribution in [3.05, 3.63) is 0 Å². The molecule has 2 fully saturated rings. The Labute approximate surface area is 80.8 Å². The van der Waals surface area contributed by atoms with E-state index < -0.39 is 0 Å². The van der Waals surface area contributed by atoms with Crippen LogP contribution in [0.2, 0.25) is 0 Å². The molecule has 0 aromatic carbocycles. The van der Waals surface area contributed by atoms with E-state index in [1.165, 1.54) is 25.7 Å². The van der Waals surface area contributed by atoms with Gasteiger partial charge in [0.15, 0.2) is 0 Å². The van der Waals surface area contributed by atoms with Gasteiger partial charge in [-0.3, -0.25) is 0 Å². The van der Waals surface area contributed by atoms with Crippen LogP contribution in [0.15, 0.2) is 0 Å². The zero-order valence-electron chi connectivity index (χ0n) is 8.59. The second kappa shape index (κ2) is 3.58. The van der Waals surface area contributed by atoms with Gasteiger partial charge in [0.25, 0.3) is 0 Å². The Kier molecular flexibility index (Phi) is 2.61. The first-order valence-corrected chi connectivity index (χ1v) is 5.67. The Balaban J connectivity index is 1.93. The fraction of sp³-hybridized carbons (Fsp3) is 1.00. The molecular formula is C11H21NO. The zero-order valence-corrected chi connectivity index (χ0v) is 8.59. The smallest absolute Gasteiger partial charge is 0.0783 e. The van der Waals surface area contributed by atoms with E-state index in [0.29, 0.717) is 6.10 Å². The molecule has 0 spiro atoms. The molecule has 0 radical (unpaired) electrons. The van der Waals surface area contributed by atoms with Crippen molar-refractivity contribution < 1.29 is 4.74 Å². The van der Waals surface area contributed by atoms with Crippen molar-refractivity contribution in [3.8, 4) is 0 Å². The minimum atomic E-state index is 0.0250. The average molecular weight is 183 g/mol. The van der Waals surface area contributed by atoms with Crippen LogP contribution in [-0.2, 0) is 4.74 Å². The standard InChI is InChI=1S/C11H21NO/c1-2-3-6-11(12)7-8-13-10(11)9-4-5-9/h9-10H,2-8,12H2,1H3. The van der Waals surface area contributed by atoms with Crippen LogP contribution in [0.5, 0.6) is 0 Å². The molecule has 0 amide bonds. The Morgan fingerprint density at radius 1 is 1.46 bits per heavy atom. The number of rotatable bonds is 4. The summed E-state index contributed by atoms with van der Waals surface area (Å²) < 4.78 is 5.76. The van der Waals surface area contributed by atoms with E-state index in [-0.39, 0.29) is 5.54 Å². The fourth-order valence-corrected chi connectivity index (χ4v) is 2.46. The van der Waals surface area contributed by atoms with Crippen molar-refractivity contribution in [3.63, 3.8) is 0 Å². The first-order chi connectivity index (χ1) is 6.26. The van der Waals surface area contributed by atoms with Crippen LogP contribution in [-0.4, -0.2) is 18.2 Å². The molecule has 2 heteroatoms.